The van der Waals surface area contributed by atoms with Crippen molar-refractivity contribution in [2.75, 3.05) is 11.1 Å². The molecule has 0 fully saturated rings. The van der Waals surface area contributed by atoms with Crippen LogP contribution < -0.4 is 5.32 Å². The number of halogens is 1. The van der Waals surface area contributed by atoms with Gasteiger partial charge in [-0.2, -0.15) is 5.26 Å². The molecule has 0 bridgehead atoms. The largest absolute Gasteiger partial charge is 0.388 e. The minimum Gasteiger partial charge on any atom is -0.388 e. The van der Waals surface area contributed by atoms with Gasteiger partial charge in [0, 0.05) is 17.1 Å². The number of rotatable bonds is 7. The number of para-hydroxylation sites is 1. The SMILES string of the molecule is N#CCCSc1ccccc1NC(=O)CC(O)c1cccc(F)c1. The number of hydrogen-bond acceptors (Lipinski definition) is 4. The van der Waals surface area contributed by atoms with Crippen LogP contribution in [-0.2, 0) is 4.79 Å². The molecule has 2 aromatic rings. The number of benzene rings is 2. The van der Waals surface area contributed by atoms with Gasteiger partial charge in [0.25, 0.3) is 0 Å². The summed E-state index contributed by atoms with van der Waals surface area (Å²) >= 11 is 1.48. The van der Waals surface area contributed by atoms with Crippen molar-refractivity contribution in [2.45, 2.75) is 23.8 Å². The van der Waals surface area contributed by atoms with Crippen molar-refractivity contribution < 1.29 is 14.3 Å². The molecule has 1 amide bonds. The Morgan fingerprint density at radius 1 is 1.29 bits per heavy atom. The Morgan fingerprint density at radius 3 is 2.83 bits per heavy atom. The molecule has 1 unspecified atom stereocenters. The fourth-order valence-corrected chi connectivity index (χ4v) is 2.97. The second-order valence-electron chi connectivity index (χ2n) is 5.08. The van der Waals surface area contributed by atoms with Crippen molar-refractivity contribution in [3.05, 3.63) is 59.9 Å². The molecule has 0 saturated heterocycles. The van der Waals surface area contributed by atoms with Gasteiger partial charge >= 0.3 is 0 Å². The molecule has 0 heterocycles. The van der Waals surface area contributed by atoms with E-state index in [9.17, 15) is 14.3 Å². The topological polar surface area (TPSA) is 73.1 Å². The van der Waals surface area contributed by atoms with E-state index in [1.54, 1.807) is 18.2 Å². The third-order valence-corrected chi connectivity index (χ3v) is 4.32. The van der Waals surface area contributed by atoms with E-state index in [1.165, 1.54) is 30.0 Å². The highest BCUT2D eigenvalue weighted by molar-refractivity contribution is 7.99. The number of aliphatic hydroxyl groups excluding tert-OH is 1. The van der Waals surface area contributed by atoms with Gasteiger partial charge in [0.1, 0.15) is 5.82 Å². The summed E-state index contributed by atoms with van der Waals surface area (Å²) in [5.74, 6) is -0.179. The van der Waals surface area contributed by atoms with Gasteiger partial charge in [-0.25, -0.2) is 4.39 Å². The minimum absolute atomic E-state index is 0.166. The van der Waals surface area contributed by atoms with Crippen LogP contribution >= 0.6 is 11.8 Å². The smallest absolute Gasteiger partial charge is 0.227 e. The Morgan fingerprint density at radius 2 is 2.08 bits per heavy atom. The van der Waals surface area contributed by atoms with Crippen molar-refractivity contribution >= 4 is 23.4 Å². The van der Waals surface area contributed by atoms with E-state index in [0.29, 0.717) is 23.4 Å². The van der Waals surface area contributed by atoms with E-state index in [2.05, 4.69) is 11.4 Å². The van der Waals surface area contributed by atoms with Crippen LogP contribution in [0.2, 0.25) is 0 Å². The fraction of sp³-hybridized carbons (Fsp3) is 0.222. The quantitative estimate of drug-likeness (QED) is 0.590. The minimum atomic E-state index is -1.07. The van der Waals surface area contributed by atoms with E-state index in [1.807, 2.05) is 12.1 Å². The van der Waals surface area contributed by atoms with Gasteiger partial charge in [0.2, 0.25) is 5.91 Å². The van der Waals surface area contributed by atoms with E-state index >= 15 is 0 Å². The first-order valence-electron chi connectivity index (χ1n) is 7.42. The van der Waals surface area contributed by atoms with Gasteiger partial charge in [-0.1, -0.05) is 24.3 Å². The lowest BCUT2D eigenvalue weighted by Crippen LogP contribution is -2.16. The first kappa shape index (κ1) is 18.0. The van der Waals surface area contributed by atoms with Crippen LogP contribution in [0, 0.1) is 17.1 Å². The predicted molar refractivity (Wildman–Crippen MR) is 92.0 cm³/mol. The normalized spacial score (nSPS) is 11.5. The molecule has 24 heavy (non-hydrogen) atoms. The van der Waals surface area contributed by atoms with Gasteiger partial charge < -0.3 is 10.4 Å². The molecule has 0 radical (unpaired) electrons. The molecule has 2 N–H and O–H groups in total. The summed E-state index contributed by atoms with van der Waals surface area (Å²) in [5, 5.41) is 21.4. The molecular formula is C18H17FN2O2S. The molecule has 0 aliphatic heterocycles. The van der Waals surface area contributed by atoms with Crippen molar-refractivity contribution in [3.8, 4) is 6.07 Å². The highest BCUT2D eigenvalue weighted by atomic mass is 32.2. The van der Waals surface area contributed by atoms with Crippen LogP contribution in [0.4, 0.5) is 10.1 Å². The van der Waals surface area contributed by atoms with E-state index in [0.717, 1.165) is 4.90 Å². The molecule has 0 aliphatic carbocycles. The van der Waals surface area contributed by atoms with E-state index < -0.39 is 11.9 Å². The number of carbonyl (C=O) groups excluding carboxylic acids is 1. The van der Waals surface area contributed by atoms with Crippen LogP contribution in [0.15, 0.2) is 53.4 Å². The predicted octanol–water partition coefficient (Wildman–Crippen LogP) is 3.89. The lowest BCUT2D eigenvalue weighted by molar-refractivity contribution is -0.118. The van der Waals surface area contributed by atoms with Gasteiger partial charge in [-0.15, -0.1) is 11.8 Å². The summed E-state index contributed by atoms with van der Waals surface area (Å²) < 4.78 is 13.2. The average molecular weight is 344 g/mol. The summed E-state index contributed by atoms with van der Waals surface area (Å²) in [6, 6.07) is 14.9. The first-order valence-corrected chi connectivity index (χ1v) is 8.41. The standard InChI is InChI=1S/C18H17FN2O2S/c19-14-6-3-5-13(11-14)16(22)12-18(23)21-15-7-1-2-8-17(15)24-10-4-9-20/h1-3,5-8,11,16,22H,4,10,12H2,(H,21,23). The Balaban J connectivity index is 1.98. The fourth-order valence-electron chi connectivity index (χ4n) is 2.11. The summed E-state index contributed by atoms with van der Waals surface area (Å²) in [5.41, 5.74) is 0.999. The highest BCUT2D eigenvalue weighted by Gasteiger charge is 2.15. The molecule has 0 aromatic heterocycles. The van der Waals surface area contributed by atoms with Crippen LogP contribution in [0.1, 0.15) is 24.5 Å². The summed E-state index contributed by atoms with van der Waals surface area (Å²) in [4.78, 5) is 13.0. The molecule has 1 atom stereocenters. The number of thioether (sulfide) groups is 1. The van der Waals surface area contributed by atoms with Crippen molar-refractivity contribution in [1.29, 1.82) is 5.26 Å². The zero-order chi connectivity index (χ0) is 17.4. The number of nitriles is 1. The van der Waals surface area contributed by atoms with Crippen molar-refractivity contribution in [2.24, 2.45) is 0 Å². The Labute approximate surface area is 144 Å². The number of anilines is 1. The molecule has 6 heteroatoms. The molecule has 0 aliphatic rings. The zero-order valence-corrected chi connectivity index (χ0v) is 13.7. The second-order valence-corrected chi connectivity index (χ2v) is 6.21. The zero-order valence-electron chi connectivity index (χ0n) is 12.9. The first-order chi connectivity index (χ1) is 11.6. The van der Waals surface area contributed by atoms with Crippen molar-refractivity contribution in [3.63, 3.8) is 0 Å². The molecule has 2 rings (SSSR count). The number of hydrogen-bond donors (Lipinski definition) is 2. The summed E-state index contributed by atoms with van der Waals surface area (Å²) in [6.45, 7) is 0. The van der Waals surface area contributed by atoms with Crippen LogP contribution in [0.25, 0.3) is 0 Å². The second kappa shape index (κ2) is 9.06. The molecular weight excluding hydrogens is 327 g/mol. The number of amides is 1. The molecule has 0 saturated carbocycles. The maximum atomic E-state index is 13.2. The van der Waals surface area contributed by atoms with Crippen molar-refractivity contribution in [1.82, 2.24) is 0 Å². The summed E-state index contributed by atoms with van der Waals surface area (Å²) in [6.07, 6.45) is -0.814. The van der Waals surface area contributed by atoms with Gasteiger partial charge in [0.05, 0.1) is 24.3 Å². The lowest BCUT2D eigenvalue weighted by Gasteiger charge is -2.13. The van der Waals surface area contributed by atoms with Gasteiger partial charge in [-0.3, -0.25) is 4.79 Å². The average Bonchev–Trinajstić information content (AvgIpc) is 2.56. The van der Waals surface area contributed by atoms with E-state index in [-0.39, 0.29) is 12.3 Å². The third kappa shape index (κ3) is 5.37. The number of aliphatic hydroxyl groups is 1. The number of carbonyl (C=O) groups is 1. The maximum Gasteiger partial charge on any atom is 0.227 e. The van der Waals surface area contributed by atoms with Gasteiger partial charge in [0.15, 0.2) is 0 Å². The lowest BCUT2D eigenvalue weighted by atomic mass is 10.1. The third-order valence-electron chi connectivity index (χ3n) is 3.24. The van der Waals surface area contributed by atoms with Crippen LogP contribution in [0.5, 0.6) is 0 Å². The monoisotopic (exact) mass is 344 g/mol. The number of nitrogens with zero attached hydrogens (tertiary/aromatic N) is 1. The van der Waals surface area contributed by atoms with Crippen LogP contribution in [-0.4, -0.2) is 16.8 Å². The Bertz CT molecular complexity index is 746. The molecule has 2 aromatic carbocycles. The Kier molecular flexibility index (Phi) is 6.79. The van der Waals surface area contributed by atoms with Gasteiger partial charge in [-0.05, 0) is 29.8 Å². The highest BCUT2D eigenvalue weighted by Crippen LogP contribution is 2.28. The number of nitrogens with one attached hydrogen (secondary N) is 1. The molecule has 4 nitrogen and oxygen atoms in total. The van der Waals surface area contributed by atoms with E-state index in [4.69, 9.17) is 5.26 Å². The Hall–Kier alpha value is -2.36. The summed E-state index contributed by atoms with van der Waals surface area (Å²) in [7, 11) is 0. The molecule has 0 spiro atoms. The molecule has 124 valence electrons. The maximum absolute atomic E-state index is 13.2. The van der Waals surface area contributed by atoms with Crippen LogP contribution in [0.3, 0.4) is 0 Å².